The van der Waals surface area contributed by atoms with Crippen LogP contribution < -0.4 is 11.1 Å². The molecule has 1 aliphatic rings. The van der Waals surface area contributed by atoms with Crippen molar-refractivity contribution in [3.8, 4) is 0 Å². The van der Waals surface area contributed by atoms with Gasteiger partial charge in [0.2, 0.25) is 0 Å². The Bertz CT molecular complexity index is 138. The summed E-state index contributed by atoms with van der Waals surface area (Å²) in [5, 5.41) is 2.93. The number of halogens is 2. The molecule has 3 N–H and O–H groups in total. The minimum Gasteiger partial charge on any atom is -0.330 e. The molecule has 11 heavy (non-hydrogen) atoms. The lowest BCUT2D eigenvalue weighted by atomic mass is 9.87. The number of hydrogen-bond acceptors (Lipinski definition) is 2. The quantitative estimate of drug-likeness (QED) is 0.590. The van der Waals surface area contributed by atoms with Crippen LogP contribution in [-0.2, 0) is 0 Å². The fourth-order valence-corrected chi connectivity index (χ4v) is 1.39. The second-order valence-corrected chi connectivity index (χ2v) is 3.17. The summed E-state index contributed by atoms with van der Waals surface area (Å²) in [4.78, 5) is 0. The number of nitrogens with two attached hydrogens (primary N) is 1. The van der Waals surface area contributed by atoms with Crippen LogP contribution in [0.4, 0.5) is 8.78 Å². The van der Waals surface area contributed by atoms with E-state index in [1.165, 1.54) is 0 Å². The standard InChI is InChI=1S/C7H14F2N2/c1-5-3-11-4-6(2-10)7(5,8)9/h5-6,11H,2-4,10H2,1H3/t5-,6+/m0/s1. The summed E-state index contributed by atoms with van der Waals surface area (Å²) in [5.41, 5.74) is 5.22. The van der Waals surface area contributed by atoms with Crippen LogP contribution in [0, 0.1) is 11.8 Å². The number of rotatable bonds is 1. The van der Waals surface area contributed by atoms with E-state index >= 15 is 0 Å². The third-order valence-electron chi connectivity index (χ3n) is 2.33. The molecule has 1 heterocycles. The molecule has 2 nitrogen and oxygen atoms in total. The summed E-state index contributed by atoms with van der Waals surface area (Å²) in [6, 6.07) is 0. The third-order valence-corrected chi connectivity index (χ3v) is 2.33. The Hall–Kier alpha value is -0.220. The van der Waals surface area contributed by atoms with E-state index in [0.29, 0.717) is 13.1 Å². The van der Waals surface area contributed by atoms with Gasteiger partial charge < -0.3 is 11.1 Å². The number of hydrogen-bond donors (Lipinski definition) is 2. The fourth-order valence-electron chi connectivity index (χ4n) is 1.39. The van der Waals surface area contributed by atoms with Gasteiger partial charge in [0.1, 0.15) is 0 Å². The molecular weight excluding hydrogens is 150 g/mol. The first kappa shape index (κ1) is 8.87. The van der Waals surface area contributed by atoms with Crippen molar-refractivity contribution in [1.29, 1.82) is 0 Å². The number of alkyl halides is 2. The van der Waals surface area contributed by atoms with Crippen LogP contribution in [0.5, 0.6) is 0 Å². The lowest BCUT2D eigenvalue weighted by Gasteiger charge is -2.36. The molecule has 1 aliphatic heterocycles. The highest BCUT2D eigenvalue weighted by Gasteiger charge is 2.46. The molecule has 0 radical (unpaired) electrons. The van der Waals surface area contributed by atoms with Gasteiger partial charge in [0.15, 0.2) is 0 Å². The Morgan fingerprint density at radius 3 is 2.64 bits per heavy atom. The van der Waals surface area contributed by atoms with Crippen molar-refractivity contribution in [1.82, 2.24) is 5.32 Å². The van der Waals surface area contributed by atoms with Gasteiger partial charge in [-0.05, 0) is 0 Å². The molecule has 0 unspecified atom stereocenters. The Morgan fingerprint density at radius 1 is 1.55 bits per heavy atom. The Labute approximate surface area is 65.1 Å². The van der Waals surface area contributed by atoms with Crippen molar-refractivity contribution < 1.29 is 8.78 Å². The van der Waals surface area contributed by atoms with Crippen molar-refractivity contribution in [3.63, 3.8) is 0 Å². The van der Waals surface area contributed by atoms with Crippen LogP contribution in [0.2, 0.25) is 0 Å². The minimum atomic E-state index is -2.58. The van der Waals surface area contributed by atoms with Gasteiger partial charge in [0.25, 0.3) is 5.92 Å². The van der Waals surface area contributed by atoms with Gasteiger partial charge in [-0.3, -0.25) is 0 Å². The average molecular weight is 164 g/mol. The van der Waals surface area contributed by atoms with Crippen LogP contribution in [0.3, 0.4) is 0 Å². The van der Waals surface area contributed by atoms with Crippen molar-refractivity contribution in [2.75, 3.05) is 19.6 Å². The molecule has 1 saturated heterocycles. The first-order valence-electron chi connectivity index (χ1n) is 3.87. The van der Waals surface area contributed by atoms with Gasteiger partial charge in [-0.15, -0.1) is 0 Å². The normalized spacial score (nSPS) is 37.1. The molecule has 0 bridgehead atoms. The third kappa shape index (κ3) is 1.51. The van der Waals surface area contributed by atoms with Crippen LogP contribution >= 0.6 is 0 Å². The molecule has 1 fully saturated rings. The van der Waals surface area contributed by atoms with Crippen molar-refractivity contribution in [2.24, 2.45) is 17.6 Å². The summed E-state index contributed by atoms with van der Waals surface area (Å²) < 4.78 is 26.3. The van der Waals surface area contributed by atoms with Crippen LogP contribution in [0.1, 0.15) is 6.92 Å². The number of piperidine rings is 1. The molecule has 0 aromatic heterocycles. The topological polar surface area (TPSA) is 38.0 Å². The molecule has 2 atom stereocenters. The van der Waals surface area contributed by atoms with Crippen LogP contribution in [0.25, 0.3) is 0 Å². The van der Waals surface area contributed by atoms with E-state index in [9.17, 15) is 8.78 Å². The highest BCUT2D eigenvalue weighted by molar-refractivity contribution is 4.89. The summed E-state index contributed by atoms with van der Waals surface area (Å²) in [6.45, 7) is 2.34. The molecule has 0 saturated carbocycles. The molecule has 66 valence electrons. The summed E-state index contributed by atoms with van der Waals surface area (Å²) in [7, 11) is 0. The van der Waals surface area contributed by atoms with Gasteiger partial charge in [0, 0.05) is 31.5 Å². The maximum Gasteiger partial charge on any atom is 0.257 e. The lowest BCUT2D eigenvalue weighted by Crippen LogP contribution is -2.53. The zero-order valence-electron chi connectivity index (χ0n) is 6.61. The van der Waals surface area contributed by atoms with E-state index in [1.807, 2.05) is 0 Å². The predicted octanol–water partition coefficient (Wildman–Crippen LogP) is 0.436. The molecule has 0 aromatic rings. The first-order chi connectivity index (χ1) is 5.09. The Balaban J connectivity index is 2.64. The minimum absolute atomic E-state index is 0.0599. The van der Waals surface area contributed by atoms with E-state index < -0.39 is 17.8 Å². The van der Waals surface area contributed by atoms with Crippen molar-refractivity contribution in [3.05, 3.63) is 0 Å². The summed E-state index contributed by atoms with van der Waals surface area (Å²) in [5.74, 6) is -3.86. The highest BCUT2D eigenvalue weighted by atomic mass is 19.3. The maximum absolute atomic E-state index is 13.1. The van der Waals surface area contributed by atoms with Gasteiger partial charge >= 0.3 is 0 Å². The maximum atomic E-state index is 13.1. The number of nitrogens with one attached hydrogen (secondary N) is 1. The van der Waals surface area contributed by atoms with Gasteiger partial charge in [-0.25, -0.2) is 8.78 Å². The second kappa shape index (κ2) is 3.03. The molecule has 4 heteroatoms. The fraction of sp³-hybridized carbons (Fsp3) is 1.00. The van der Waals surface area contributed by atoms with E-state index in [2.05, 4.69) is 5.32 Å². The Kier molecular flexibility index (Phi) is 2.44. The van der Waals surface area contributed by atoms with E-state index in [0.717, 1.165) is 0 Å². The lowest BCUT2D eigenvalue weighted by molar-refractivity contribution is -0.114. The Morgan fingerprint density at radius 2 is 2.18 bits per heavy atom. The van der Waals surface area contributed by atoms with Gasteiger partial charge in [-0.2, -0.15) is 0 Å². The monoisotopic (exact) mass is 164 g/mol. The van der Waals surface area contributed by atoms with Crippen molar-refractivity contribution in [2.45, 2.75) is 12.8 Å². The average Bonchev–Trinajstić information content (AvgIpc) is 1.95. The first-order valence-corrected chi connectivity index (χ1v) is 3.87. The van der Waals surface area contributed by atoms with Gasteiger partial charge in [-0.1, -0.05) is 6.92 Å². The SMILES string of the molecule is C[C@H]1CNC[C@@H](CN)C1(F)F. The van der Waals surface area contributed by atoms with Crippen LogP contribution in [-0.4, -0.2) is 25.6 Å². The summed E-state index contributed by atoms with van der Waals surface area (Å²) >= 11 is 0. The molecule has 0 aromatic carbocycles. The molecular formula is C7H14F2N2. The largest absolute Gasteiger partial charge is 0.330 e. The molecule has 0 aliphatic carbocycles. The van der Waals surface area contributed by atoms with Gasteiger partial charge in [0.05, 0.1) is 0 Å². The zero-order valence-corrected chi connectivity index (χ0v) is 6.61. The van der Waals surface area contributed by atoms with Crippen molar-refractivity contribution >= 4 is 0 Å². The van der Waals surface area contributed by atoms with E-state index in [4.69, 9.17) is 5.73 Å². The highest BCUT2D eigenvalue weighted by Crippen LogP contribution is 2.34. The molecule has 1 rings (SSSR count). The molecule has 0 amide bonds. The zero-order chi connectivity index (χ0) is 8.48. The van der Waals surface area contributed by atoms with E-state index in [-0.39, 0.29) is 6.54 Å². The molecule has 0 spiro atoms. The van der Waals surface area contributed by atoms with E-state index in [1.54, 1.807) is 6.92 Å². The van der Waals surface area contributed by atoms with Crippen LogP contribution in [0.15, 0.2) is 0 Å². The summed E-state index contributed by atoms with van der Waals surface area (Å²) in [6.07, 6.45) is 0. The smallest absolute Gasteiger partial charge is 0.257 e. The predicted molar refractivity (Wildman–Crippen MR) is 39.5 cm³/mol. The second-order valence-electron chi connectivity index (χ2n) is 3.17.